The monoisotopic (exact) mass is 187 g/mol. The quantitative estimate of drug-likeness (QED) is 0.606. The van der Waals surface area contributed by atoms with Gasteiger partial charge in [-0.25, -0.2) is 0 Å². The van der Waals surface area contributed by atoms with Gasteiger partial charge >= 0.3 is 0 Å². The molecule has 0 saturated carbocycles. The van der Waals surface area contributed by atoms with Crippen molar-refractivity contribution >= 4 is 12.6 Å². The third kappa shape index (κ3) is 17.9. The van der Waals surface area contributed by atoms with Gasteiger partial charge in [-0.3, -0.25) is 0 Å². The molecule has 0 aromatic rings. The van der Waals surface area contributed by atoms with Crippen LogP contribution in [0.3, 0.4) is 0 Å². The number of nitrogens with two attached hydrogens (primary N) is 1. The summed E-state index contributed by atoms with van der Waals surface area (Å²) in [5.41, 5.74) is 5.78. The second-order valence-electron chi connectivity index (χ2n) is 2.72. The van der Waals surface area contributed by atoms with Gasteiger partial charge in [-0.2, -0.15) is 12.6 Å². The van der Waals surface area contributed by atoms with Crippen LogP contribution in [0.5, 0.6) is 0 Å². The van der Waals surface area contributed by atoms with Crippen molar-refractivity contribution in [2.45, 2.75) is 27.2 Å². The summed E-state index contributed by atoms with van der Waals surface area (Å²) < 4.78 is 0. The van der Waals surface area contributed by atoms with Crippen molar-refractivity contribution in [2.24, 2.45) is 11.1 Å². The minimum Gasteiger partial charge on any atom is -0.412 e. The lowest BCUT2D eigenvalue weighted by atomic mass is 9.91. The standard InChI is InChI=1S/C6H15N.CH4S.2H2O.H2/c1-4-6(2,3)5-7;1-2;;;/h4-5,7H2,1-3H3;2H,1H3;2*1H2;1H. The predicted octanol–water partition coefficient (Wildman–Crippen LogP) is 0.524. The maximum absolute atomic E-state index is 5.42. The Morgan fingerprint density at radius 3 is 1.55 bits per heavy atom. The predicted molar refractivity (Wildman–Crippen MR) is 57.4 cm³/mol. The zero-order valence-electron chi connectivity index (χ0n) is 7.94. The van der Waals surface area contributed by atoms with Crippen LogP contribution in [-0.4, -0.2) is 23.8 Å². The van der Waals surface area contributed by atoms with E-state index in [-0.39, 0.29) is 12.4 Å². The van der Waals surface area contributed by atoms with Gasteiger partial charge in [-0.05, 0) is 24.6 Å². The van der Waals surface area contributed by atoms with Gasteiger partial charge in [0, 0.05) is 1.43 Å². The molecule has 0 fully saturated rings. The first kappa shape index (κ1) is 22.5. The number of hydrogen-bond acceptors (Lipinski definition) is 2. The van der Waals surface area contributed by atoms with Gasteiger partial charge in [0.1, 0.15) is 0 Å². The fourth-order valence-corrected chi connectivity index (χ4v) is 0.144. The van der Waals surface area contributed by atoms with Gasteiger partial charge in [-0.15, -0.1) is 0 Å². The highest BCUT2D eigenvalue weighted by atomic mass is 32.1. The largest absolute Gasteiger partial charge is 0.412 e. The third-order valence-corrected chi connectivity index (χ3v) is 1.51. The minimum absolute atomic E-state index is 0. The number of rotatable bonds is 2. The SMILES string of the molecule is CCC(C)(C)CN.CS.O.O.[HH]. The lowest BCUT2D eigenvalue weighted by molar-refractivity contribution is 0.365. The van der Waals surface area contributed by atoms with Crippen LogP contribution in [-0.2, 0) is 0 Å². The molecule has 0 rings (SSSR count). The van der Waals surface area contributed by atoms with E-state index < -0.39 is 0 Å². The second kappa shape index (κ2) is 12.9. The van der Waals surface area contributed by atoms with E-state index in [1.54, 1.807) is 6.26 Å². The zero-order chi connectivity index (χ0) is 7.91. The smallest absolute Gasteiger partial charge is 0 e. The highest BCUT2D eigenvalue weighted by molar-refractivity contribution is 7.79. The van der Waals surface area contributed by atoms with Crippen LogP contribution in [0.4, 0.5) is 0 Å². The Morgan fingerprint density at radius 1 is 1.27 bits per heavy atom. The summed E-state index contributed by atoms with van der Waals surface area (Å²) in [5.74, 6) is 0. The Balaban J connectivity index is -0.0000000303. The summed E-state index contributed by atoms with van der Waals surface area (Å²) >= 11 is 3.53. The highest BCUT2D eigenvalue weighted by Crippen LogP contribution is 2.15. The van der Waals surface area contributed by atoms with Crippen LogP contribution in [0.1, 0.15) is 28.6 Å². The molecule has 0 amide bonds. The molecule has 0 aromatic carbocycles. The van der Waals surface area contributed by atoms with Gasteiger partial charge in [0.15, 0.2) is 0 Å². The van der Waals surface area contributed by atoms with E-state index in [1.165, 1.54) is 6.42 Å². The summed E-state index contributed by atoms with van der Waals surface area (Å²) in [5, 5.41) is 0. The Bertz CT molecular complexity index is 59.4. The molecule has 4 heteroatoms. The summed E-state index contributed by atoms with van der Waals surface area (Å²) in [6.07, 6.45) is 2.86. The average molecular weight is 187 g/mol. The molecule has 0 unspecified atom stereocenters. The maximum Gasteiger partial charge on any atom is 0 e. The van der Waals surface area contributed by atoms with E-state index in [4.69, 9.17) is 5.73 Å². The van der Waals surface area contributed by atoms with Crippen LogP contribution in [0.2, 0.25) is 0 Å². The van der Waals surface area contributed by atoms with Crippen molar-refractivity contribution in [3.63, 3.8) is 0 Å². The lowest BCUT2D eigenvalue weighted by Crippen LogP contribution is -2.21. The van der Waals surface area contributed by atoms with E-state index in [1.807, 2.05) is 0 Å². The maximum atomic E-state index is 5.42. The molecule has 0 aliphatic carbocycles. The molecule has 3 nitrogen and oxygen atoms in total. The summed E-state index contributed by atoms with van der Waals surface area (Å²) in [4.78, 5) is 0. The molecule has 0 aromatic heterocycles. The molecular weight excluding hydrogens is 162 g/mol. The fraction of sp³-hybridized carbons (Fsp3) is 1.00. The summed E-state index contributed by atoms with van der Waals surface area (Å²) in [7, 11) is 0. The van der Waals surface area contributed by atoms with Crippen molar-refractivity contribution in [2.75, 3.05) is 12.8 Å². The summed E-state index contributed by atoms with van der Waals surface area (Å²) in [6, 6.07) is 0. The topological polar surface area (TPSA) is 89.0 Å². The van der Waals surface area contributed by atoms with E-state index in [9.17, 15) is 0 Å². The third-order valence-electron chi connectivity index (χ3n) is 1.51. The molecule has 0 radical (unpaired) electrons. The normalized spacial score (nSPS) is 8.18. The molecule has 6 N–H and O–H groups in total. The molecule has 0 spiro atoms. The van der Waals surface area contributed by atoms with Crippen molar-refractivity contribution in [3.8, 4) is 0 Å². The first-order valence-electron chi connectivity index (χ1n) is 3.27. The van der Waals surface area contributed by atoms with Crippen molar-refractivity contribution in [3.05, 3.63) is 0 Å². The molecule has 11 heavy (non-hydrogen) atoms. The van der Waals surface area contributed by atoms with Gasteiger partial charge in [0.25, 0.3) is 0 Å². The van der Waals surface area contributed by atoms with Gasteiger partial charge < -0.3 is 16.7 Å². The number of hydrogen-bond donors (Lipinski definition) is 2. The Morgan fingerprint density at radius 2 is 1.55 bits per heavy atom. The Kier molecular flexibility index (Phi) is 26.3. The Labute approximate surface area is 76.9 Å². The molecule has 0 bridgehead atoms. The van der Waals surface area contributed by atoms with E-state index in [0.29, 0.717) is 5.41 Å². The summed E-state index contributed by atoms with van der Waals surface area (Å²) in [6.45, 7) is 7.30. The first-order valence-corrected chi connectivity index (χ1v) is 4.16. The number of thiol groups is 1. The van der Waals surface area contributed by atoms with Crippen molar-refractivity contribution in [1.29, 1.82) is 0 Å². The van der Waals surface area contributed by atoms with Crippen LogP contribution >= 0.6 is 12.6 Å². The van der Waals surface area contributed by atoms with Crippen LogP contribution < -0.4 is 5.73 Å². The molecule has 0 aliphatic rings. The van der Waals surface area contributed by atoms with E-state index in [0.717, 1.165) is 6.54 Å². The minimum atomic E-state index is 0. The molecule has 76 valence electrons. The fourth-order valence-electron chi connectivity index (χ4n) is 0.144. The van der Waals surface area contributed by atoms with Crippen LogP contribution in [0.15, 0.2) is 0 Å². The van der Waals surface area contributed by atoms with Crippen LogP contribution in [0, 0.1) is 5.41 Å². The van der Waals surface area contributed by atoms with Gasteiger partial charge in [0.2, 0.25) is 0 Å². The van der Waals surface area contributed by atoms with Gasteiger partial charge in [0.05, 0.1) is 0 Å². The molecular formula is C7H25NO2S. The van der Waals surface area contributed by atoms with E-state index in [2.05, 4.69) is 33.4 Å². The molecule has 0 atom stereocenters. The average Bonchev–Trinajstić information content (AvgIpc) is 1.93. The molecule has 0 heterocycles. The highest BCUT2D eigenvalue weighted by Gasteiger charge is 2.10. The molecule has 0 saturated heterocycles. The van der Waals surface area contributed by atoms with Crippen LogP contribution in [0.25, 0.3) is 0 Å². The Hall–Kier alpha value is 0.230. The van der Waals surface area contributed by atoms with Crippen molar-refractivity contribution in [1.82, 2.24) is 0 Å². The van der Waals surface area contributed by atoms with E-state index >= 15 is 0 Å². The second-order valence-corrected chi connectivity index (χ2v) is 2.72. The van der Waals surface area contributed by atoms with Crippen molar-refractivity contribution < 1.29 is 12.4 Å². The molecule has 0 aliphatic heterocycles. The zero-order valence-corrected chi connectivity index (χ0v) is 8.83. The van der Waals surface area contributed by atoms with Gasteiger partial charge in [-0.1, -0.05) is 20.8 Å². The lowest BCUT2D eigenvalue weighted by Gasteiger charge is -2.18. The first-order chi connectivity index (χ1) is 4.12.